The first kappa shape index (κ1) is 14.7. The van der Waals surface area contributed by atoms with Gasteiger partial charge in [0.05, 0.1) is 12.7 Å². The average molecular weight is 265 g/mol. The second-order valence-corrected chi connectivity index (χ2v) is 5.91. The van der Waals surface area contributed by atoms with Gasteiger partial charge >= 0.3 is 0 Å². The Morgan fingerprint density at radius 2 is 2.22 bits per heavy atom. The van der Waals surface area contributed by atoms with Gasteiger partial charge in [-0.15, -0.1) is 0 Å². The van der Waals surface area contributed by atoms with E-state index in [0.717, 1.165) is 12.0 Å². The van der Waals surface area contributed by atoms with E-state index < -0.39 is 10.8 Å². The van der Waals surface area contributed by atoms with Gasteiger partial charge in [-0.3, -0.25) is 4.21 Å². The Morgan fingerprint density at radius 3 is 2.78 bits per heavy atom. The van der Waals surface area contributed by atoms with Crippen molar-refractivity contribution in [2.45, 2.75) is 26.0 Å². The smallest absolute Gasteiger partial charge is 0.136 e. The molecule has 0 saturated heterocycles. The van der Waals surface area contributed by atoms with E-state index in [1.807, 2.05) is 6.07 Å². The molecule has 1 aromatic carbocycles. The molecule has 18 heavy (non-hydrogen) atoms. The van der Waals surface area contributed by atoms with E-state index in [1.54, 1.807) is 12.1 Å². The minimum atomic E-state index is -0.870. The zero-order valence-electron chi connectivity index (χ0n) is 11.1. The predicted octanol–water partition coefficient (Wildman–Crippen LogP) is 2.86. The first-order valence-electron chi connectivity index (χ1n) is 6.02. The summed E-state index contributed by atoms with van der Waals surface area (Å²) in [6, 6.07) is 7.47. The minimum Gasteiger partial charge on any atom is -0.495 e. The molecule has 0 aliphatic rings. The van der Waals surface area contributed by atoms with Crippen molar-refractivity contribution in [3.63, 3.8) is 0 Å². The Balaban J connectivity index is 2.74. The third kappa shape index (κ3) is 4.15. The normalized spacial score (nSPS) is 13.7. The summed E-state index contributed by atoms with van der Waals surface area (Å²) in [5.41, 5.74) is 1.42. The maximum Gasteiger partial charge on any atom is 0.136 e. The summed E-state index contributed by atoms with van der Waals surface area (Å²) in [5.74, 6) is 2.25. The molecule has 4 heteroatoms. The van der Waals surface area contributed by atoms with Gasteiger partial charge in [-0.25, -0.2) is 0 Å². The lowest BCUT2D eigenvalue weighted by molar-refractivity contribution is 0.413. The van der Waals surface area contributed by atoms with E-state index >= 15 is 0 Å². The van der Waals surface area contributed by atoms with Gasteiger partial charge in [-0.05, 0) is 23.6 Å². The fraction of sp³-hybridized carbons (Fsp3) is 0.500. The second-order valence-electron chi connectivity index (χ2n) is 4.41. The lowest BCUT2D eigenvalue weighted by atomic mass is 10.1. The number of rotatable bonds is 6. The topological polar surface area (TPSA) is 50.1 Å². The molecule has 98 valence electrons. The monoisotopic (exact) mass is 265 g/mol. The molecule has 0 heterocycles. The Bertz CT molecular complexity index is 465. The zero-order valence-corrected chi connectivity index (χ0v) is 11.9. The molecule has 0 amide bonds. The molecule has 0 bridgehead atoms. The molecule has 0 radical (unpaired) electrons. The SMILES string of the molecule is CCC(C)CS(=O)Cc1ccc(OC)c(C#N)c1. The molecule has 0 aromatic heterocycles. The van der Waals surface area contributed by atoms with Crippen molar-refractivity contribution < 1.29 is 8.95 Å². The van der Waals surface area contributed by atoms with Gasteiger partial charge < -0.3 is 4.74 Å². The van der Waals surface area contributed by atoms with Crippen molar-refractivity contribution in [1.29, 1.82) is 5.26 Å². The summed E-state index contributed by atoms with van der Waals surface area (Å²) in [5, 5.41) is 8.99. The van der Waals surface area contributed by atoms with Crippen LogP contribution >= 0.6 is 0 Å². The van der Waals surface area contributed by atoms with Gasteiger partial charge in [0.25, 0.3) is 0 Å². The van der Waals surface area contributed by atoms with Gasteiger partial charge in [0.1, 0.15) is 11.8 Å². The molecule has 0 spiro atoms. The molecule has 0 aliphatic carbocycles. The van der Waals surface area contributed by atoms with Crippen LogP contribution in [0.25, 0.3) is 0 Å². The van der Waals surface area contributed by atoms with Crippen molar-refractivity contribution in [1.82, 2.24) is 0 Å². The van der Waals surface area contributed by atoms with E-state index in [0.29, 0.717) is 28.7 Å². The fourth-order valence-corrected chi connectivity index (χ4v) is 3.15. The molecule has 1 rings (SSSR count). The van der Waals surface area contributed by atoms with E-state index in [-0.39, 0.29) is 0 Å². The highest BCUT2D eigenvalue weighted by Gasteiger charge is 2.09. The summed E-state index contributed by atoms with van der Waals surface area (Å²) < 4.78 is 17.0. The first-order valence-corrected chi connectivity index (χ1v) is 7.51. The number of nitrogens with zero attached hydrogens (tertiary/aromatic N) is 1. The molecule has 0 N–H and O–H groups in total. The molecule has 0 aliphatic heterocycles. The number of benzene rings is 1. The maximum absolute atomic E-state index is 11.9. The van der Waals surface area contributed by atoms with E-state index in [1.165, 1.54) is 7.11 Å². The molecular formula is C14H19NO2S. The van der Waals surface area contributed by atoms with Crippen LogP contribution in [0, 0.1) is 17.2 Å². The number of hydrogen-bond acceptors (Lipinski definition) is 3. The van der Waals surface area contributed by atoms with Gasteiger partial charge in [0.15, 0.2) is 0 Å². The van der Waals surface area contributed by atoms with Crippen LogP contribution < -0.4 is 4.74 Å². The average Bonchev–Trinajstić information content (AvgIpc) is 2.38. The van der Waals surface area contributed by atoms with Crippen LogP contribution in [0.4, 0.5) is 0 Å². The van der Waals surface area contributed by atoms with Crippen LogP contribution in [0.15, 0.2) is 18.2 Å². The highest BCUT2D eigenvalue weighted by atomic mass is 32.2. The Morgan fingerprint density at radius 1 is 1.50 bits per heavy atom. The lowest BCUT2D eigenvalue weighted by Crippen LogP contribution is -2.08. The van der Waals surface area contributed by atoms with E-state index in [4.69, 9.17) is 10.00 Å². The number of ether oxygens (including phenoxy) is 1. The van der Waals surface area contributed by atoms with Crippen molar-refractivity contribution in [2.24, 2.45) is 5.92 Å². The molecule has 2 unspecified atom stereocenters. The van der Waals surface area contributed by atoms with Crippen molar-refractivity contribution in [3.8, 4) is 11.8 Å². The third-order valence-corrected chi connectivity index (χ3v) is 4.48. The summed E-state index contributed by atoms with van der Waals surface area (Å²) in [6.45, 7) is 4.20. The quantitative estimate of drug-likeness (QED) is 0.794. The Labute approximate surface area is 111 Å². The predicted molar refractivity (Wildman–Crippen MR) is 73.9 cm³/mol. The number of methoxy groups -OCH3 is 1. The highest BCUT2D eigenvalue weighted by molar-refractivity contribution is 7.84. The lowest BCUT2D eigenvalue weighted by Gasteiger charge is -2.09. The van der Waals surface area contributed by atoms with Crippen LogP contribution in [0.3, 0.4) is 0 Å². The summed E-state index contributed by atoms with van der Waals surface area (Å²) in [6.07, 6.45) is 1.04. The molecular weight excluding hydrogens is 246 g/mol. The molecule has 0 saturated carbocycles. The summed E-state index contributed by atoms with van der Waals surface area (Å²) in [4.78, 5) is 0. The largest absolute Gasteiger partial charge is 0.495 e. The number of hydrogen-bond donors (Lipinski definition) is 0. The minimum absolute atomic E-state index is 0.472. The summed E-state index contributed by atoms with van der Waals surface area (Å²) in [7, 11) is 0.669. The first-order chi connectivity index (χ1) is 8.60. The van der Waals surface area contributed by atoms with Gasteiger partial charge in [0, 0.05) is 22.3 Å². The van der Waals surface area contributed by atoms with E-state index in [9.17, 15) is 4.21 Å². The molecule has 0 fully saturated rings. The third-order valence-electron chi connectivity index (χ3n) is 2.88. The highest BCUT2D eigenvalue weighted by Crippen LogP contribution is 2.20. The van der Waals surface area contributed by atoms with Crippen molar-refractivity contribution in [3.05, 3.63) is 29.3 Å². The standard InChI is InChI=1S/C14H19NO2S/c1-4-11(2)9-18(16)10-12-5-6-14(17-3)13(7-12)8-15/h5-7,11H,4,9-10H2,1-3H3. The fourth-order valence-electron chi connectivity index (χ4n) is 1.61. The van der Waals surface area contributed by atoms with E-state index in [2.05, 4.69) is 19.9 Å². The van der Waals surface area contributed by atoms with Gasteiger partial charge in [-0.2, -0.15) is 5.26 Å². The summed E-state index contributed by atoms with van der Waals surface area (Å²) >= 11 is 0. The van der Waals surface area contributed by atoms with Crippen molar-refractivity contribution in [2.75, 3.05) is 12.9 Å². The zero-order chi connectivity index (χ0) is 13.5. The molecule has 2 atom stereocenters. The van der Waals surface area contributed by atoms with Crippen LogP contribution in [0.1, 0.15) is 31.4 Å². The Hall–Kier alpha value is -1.34. The second kappa shape index (κ2) is 7.17. The molecule has 1 aromatic rings. The van der Waals surface area contributed by atoms with Gasteiger partial charge in [0.2, 0.25) is 0 Å². The van der Waals surface area contributed by atoms with Crippen molar-refractivity contribution >= 4 is 10.8 Å². The van der Waals surface area contributed by atoms with Gasteiger partial charge in [-0.1, -0.05) is 26.3 Å². The van der Waals surface area contributed by atoms with Crippen LogP contribution in [-0.4, -0.2) is 17.1 Å². The van der Waals surface area contributed by atoms with Crippen LogP contribution in [0.2, 0.25) is 0 Å². The van der Waals surface area contributed by atoms with Crippen LogP contribution in [-0.2, 0) is 16.6 Å². The van der Waals surface area contributed by atoms with Crippen LogP contribution in [0.5, 0.6) is 5.75 Å². The Kier molecular flexibility index (Phi) is 5.87. The molecule has 3 nitrogen and oxygen atoms in total. The maximum atomic E-state index is 11.9. The number of nitriles is 1.